The molecule has 0 spiro atoms. The number of carbonyl (C=O) groups is 1. The van der Waals surface area contributed by atoms with Gasteiger partial charge < -0.3 is 10.0 Å². The molecule has 0 amide bonds. The minimum atomic E-state index is -0.919. The zero-order valence-electron chi connectivity index (χ0n) is 10.6. The fraction of sp³-hybridized carbons (Fsp3) is 0.462. The summed E-state index contributed by atoms with van der Waals surface area (Å²) in [5.74, 6) is -2.05. The fourth-order valence-electron chi connectivity index (χ4n) is 1.89. The molecule has 0 aliphatic carbocycles. The molecule has 3 nitrogen and oxygen atoms in total. The number of carboxylic acid groups (broad SMARTS) is 1. The van der Waals surface area contributed by atoms with Gasteiger partial charge in [-0.1, -0.05) is 19.9 Å². The first kappa shape index (κ1) is 13.5. The van der Waals surface area contributed by atoms with Crippen LogP contribution in [0.15, 0.2) is 18.2 Å². The lowest BCUT2D eigenvalue weighted by Crippen LogP contribution is -2.18. The highest BCUT2D eigenvalue weighted by atomic mass is 19.1. The van der Waals surface area contributed by atoms with Gasteiger partial charge in [0.25, 0.3) is 0 Å². The van der Waals surface area contributed by atoms with E-state index in [2.05, 4.69) is 0 Å². The van der Waals surface area contributed by atoms with Gasteiger partial charge in [0, 0.05) is 14.1 Å². The SMILES string of the molecule is CC(C)C(C(=O)O)c1ccc(N(C)C)c(F)c1. The standard InChI is InChI=1S/C13H18FNO2/c1-8(2)12(13(16)17)9-5-6-11(15(3)4)10(14)7-9/h5-8,12H,1-4H3,(H,16,17). The first-order valence-corrected chi connectivity index (χ1v) is 5.54. The zero-order valence-corrected chi connectivity index (χ0v) is 10.6. The van der Waals surface area contributed by atoms with Gasteiger partial charge in [0.15, 0.2) is 0 Å². The monoisotopic (exact) mass is 239 g/mol. The van der Waals surface area contributed by atoms with Gasteiger partial charge in [0.2, 0.25) is 0 Å². The molecule has 0 heterocycles. The summed E-state index contributed by atoms with van der Waals surface area (Å²) in [4.78, 5) is 12.8. The summed E-state index contributed by atoms with van der Waals surface area (Å²) < 4.78 is 13.8. The van der Waals surface area contributed by atoms with Crippen molar-refractivity contribution in [2.24, 2.45) is 5.92 Å². The lowest BCUT2D eigenvalue weighted by molar-refractivity contribution is -0.139. The van der Waals surface area contributed by atoms with Gasteiger partial charge in [-0.3, -0.25) is 4.79 Å². The predicted molar refractivity (Wildman–Crippen MR) is 65.9 cm³/mol. The molecule has 1 atom stereocenters. The zero-order chi connectivity index (χ0) is 13.2. The minimum Gasteiger partial charge on any atom is -0.481 e. The number of halogens is 1. The van der Waals surface area contributed by atoms with Gasteiger partial charge in [0.05, 0.1) is 11.6 Å². The molecule has 0 saturated carbocycles. The Morgan fingerprint density at radius 3 is 2.29 bits per heavy atom. The molecule has 0 fully saturated rings. The first-order chi connectivity index (χ1) is 7.84. The van der Waals surface area contributed by atoms with Crippen molar-refractivity contribution >= 4 is 11.7 Å². The van der Waals surface area contributed by atoms with Crippen LogP contribution in [0.4, 0.5) is 10.1 Å². The number of hydrogen-bond acceptors (Lipinski definition) is 2. The molecule has 1 rings (SSSR count). The Balaban J connectivity index is 3.15. The average molecular weight is 239 g/mol. The van der Waals surface area contributed by atoms with Crippen molar-refractivity contribution in [2.75, 3.05) is 19.0 Å². The highest BCUT2D eigenvalue weighted by molar-refractivity contribution is 5.76. The molecule has 0 bridgehead atoms. The number of benzene rings is 1. The molecular formula is C13H18FNO2. The van der Waals surface area contributed by atoms with Crippen molar-refractivity contribution in [1.82, 2.24) is 0 Å². The molecule has 1 aromatic carbocycles. The third kappa shape index (κ3) is 2.96. The molecule has 0 aliphatic rings. The van der Waals surface area contributed by atoms with Crippen LogP contribution >= 0.6 is 0 Å². The van der Waals surface area contributed by atoms with Crippen molar-refractivity contribution in [3.8, 4) is 0 Å². The van der Waals surface area contributed by atoms with Gasteiger partial charge in [0.1, 0.15) is 5.82 Å². The second-order valence-corrected chi connectivity index (χ2v) is 4.67. The number of anilines is 1. The quantitative estimate of drug-likeness (QED) is 0.878. The van der Waals surface area contributed by atoms with Crippen molar-refractivity contribution in [3.63, 3.8) is 0 Å². The third-order valence-electron chi connectivity index (χ3n) is 2.75. The second-order valence-electron chi connectivity index (χ2n) is 4.67. The van der Waals surface area contributed by atoms with Gasteiger partial charge >= 0.3 is 5.97 Å². The van der Waals surface area contributed by atoms with E-state index in [1.54, 1.807) is 31.1 Å². The van der Waals surface area contributed by atoms with Crippen LogP contribution in [-0.2, 0) is 4.79 Å². The maximum absolute atomic E-state index is 13.8. The van der Waals surface area contributed by atoms with E-state index in [9.17, 15) is 9.18 Å². The summed E-state index contributed by atoms with van der Waals surface area (Å²) in [6, 6.07) is 4.61. The van der Waals surface area contributed by atoms with E-state index in [1.165, 1.54) is 6.07 Å². The topological polar surface area (TPSA) is 40.5 Å². The van der Waals surface area contributed by atoms with Crippen LogP contribution in [0.25, 0.3) is 0 Å². The van der Waals surface area contributed by atoms with Crippen LogP contribution in [0.3, 0.4) is 0 Å². The normalized spacial score (nSPS) is 12.6. The molecule has 1 unspecified atom stereocenters. The Morgan fingerprint density at radius 2 is 1.94 bits per heavy atom. The highest BCUT2D eigenvalue weighted by Gasteiger charge is 2.24. The first-order valence-electron chi connectivity index (χ1n) is 5.54. The fourth-order valence-corrected chi connectivity index (χ4v) is 1.89. The maximum Gasteiger partial charge on any atom is 0.311 e. The lowest BCUT2D eigenvalue weighted by Gasteiger charge is -2.19. The Morgan fingerprint density at radius 1 is 1.35 bits per heavy atom. The average Bonchev–Trinajstić information content (AvgIpc) is 2.15. The smallest absolute Gasteiger partial charge is 0.311 e. The Bertz CT molecular complexity index is 416. The second kappa shape index (κ2) is 5.17. The van der Waals surface area contributed by atoms with Gasteiger partial charge in [-0.15, -0.1) is 0 Å². The van der Waals surface area contributed by atoms with E-state index in [0.717, 1.165) is 0 Å². The van der Waals surface area contributed by atoms with Gasteiger partial charge in [-0.05, 0) is 23.6 Å². The molecule has 94 valence electrons. The maximum atomic E-state index is 13.8. The van der Waals surface area contributed by atoms with E-state index in [1.807, 2.05) is 13.8 Å². The van der Waals surface area contributed by atoms with Crippen LogP contribution in [0.1, 0.15) is 25.3 Å². The summed E-state index contributed by atoms with van der Waals surface area (Å²) in [6.07, 6.45) is 0. The van der Waals surface area contributed by atoms with Crippen LogP contribution in [0, 0.1) is 11.7 Å². The van der Waals surface area contributed by atoms with E-state index in [0.29, 0.717) is 11.3 Å². The number of carboxylic acids is 1. The molecular weight excluding hydrogens is 221 g/mol. The van der Waals surface area contributed by atoms with Crippen molar-refractivity contribution in [1.29, 1.82) is 0 Å². The highest BCUT2D eigenvalue weighted by Crippen LogP contribution is 2.28. The molecule has 1 N–H and O–H groups in total. The Labute approximate surface area is 101 Å². The molecule has 0 aromatic heterocycles. The van der Waals surface area contributed by atoms with Crippen LogP contribution in [-0.4, -0.2) is 25.2 Å². The Kier molecular flexibility index (Phi) is 4.10. The summed E-state index contributed by atoms with van der Waals surface area (Å²) in [5, 5.41) is 9.13. The van der Waals surface area contributed by atoms with Crippen LogP contribution < -0.4 is 4.90 Å². The number of rotatable bonds is 4. The van der Waals surface area contributed by atoms with Crippen LogP contribution in [0.5, 0.6) is 0 Å². The molecule has 0 radical (unpaired) electrons. The van der Waals surface area contributed by atoms with Crippen molar-refractivity contribution < 1.29 is 14.3 Å². The van der Waals surface area contributed by atoms with E-state index in [-0.39, 0.29) is 11.7 Å². The third-order valence-corrected chi connectivity index (χ3v) is 2.75. The molecule has 17 heavy (non-hydrogen) atoms. The minimum absolute atomic E-state index is 0.0721. The summed E-state index contributed by atoms with van der Waals surface area (Å²) in [6.45, 7) is 3.63. The van der Waals surface area contributed by atoms with E-state index in [4.69, 9.17) is 5.11 Å². The van der Waals surface area contributed by atoms with Gasteiger partial charge in [-0.25, -0.2) is 4.39 Å². The van der Waals surface area contributed by atoms with Crippen LogP contribution in [0.2, 0.25) is 0 Å². The molecule has 0 saturated heterocycles. The molecule has 4 heteroatoms. The van der Waals surface area contributed by atoms with Gasteiger partial charge in [-0.2, -0.15) is 0 Å². The van der Waals surface area contributed by atoms with Crippen molar-refractivity contribution in [3.05, 3.63) is 29.6 Å². The number of aliphatic carboxylic acids is 1. The summed E-state index contributed by atoms with van der Waals surface area (Å²) >= 11 is 0. The molecule has 0 aliphatic heterocycles. The Hall–Kier alpha value is -1.58. The summed E-state index contributed by atoms with van der Waals surface area (Å²) in [7, 11) is 3.49. The van der Waals surface area contributed by atoms with Crippen molar-refractivity contribution in [2.45, 2.75) is 19.8 Å². The summed E-state index contributed by atoms with van der Waals surface area (Å²) in [5.41, 5.74) is 0.970. The number of nitrogens with zero attached hydrogens (tertiary/aromatic N) is 1. The predicted octanol–water partition coefficient (Wildman–Crippen LogP) is 2.72. The molecule has 1 aromatic rings. The van der Waals surface area contributed by atoms with E-state index >= 15 is 0 Å². The van der Waals surface area contributed by atoms with E-state index < -0.39 is 11.9 Å². The largest absolute Gasteiger partial charge is 0.481 e. The number of hydrogen-bond donors (Lipinski definition) is 1. The lowest BCUT2D eigenvalue weighted by atomic mass is 9.88.